The molecule has 4 heterocycles. The van der Waals surface area contributed by atoms with Gasteiger partial charge in [-0.3, -0.25) is 9.59 Å². The lowest BCUT2D eigenvalue weighted by Crippen LogP contribution is -2.35. The average molecular weight is 549 g/mol. The van der Waals surface area contributed by atoms with E-state index in [1.165, 1.54) is 0 Å². The molecule has 12 heteroatoms. The maximum atomic E-state index is 12.3. The second-order valence-electron chi connectivity index (χ2n) is 9.16. The van der Waals surface area contributed by atoms with Gasteiger partial charge in [0.15, 0.2) is 5.65 Å². The first-order chi connectivity index (χ1) is 19.0. The minimum atomic E-state index is -0.309. The smallest absolute Gasteiger partial charge is 0.271 e. The molecule has 3 aromatic heterocycles. The van der Waals surface area contributed by atoms with E-state index in [1.54, 1.807) is 23.9 Å². The molecule has 0 bridgehead atoms. The fourth-order valence-corrected chi connectivity index (χ4v) is 4.80. The molecular weight excluding hydrogens is 520 g/mol. The molecule has 0 spiro atoms. The van der Waals surface area contributed by atoms with Crippen LogP contribution >= 0.6 is 11.6 Å². The van der Waals surface area contributed by atoms with E-state index in [1.807, 2.05) is 36.4 Å². The standard InChI is InChI=1S/C27H29ClN8O3/c1-39-27-16(13-30-14-17-6-10-24(37)32-17)5-7-20(34-27)18-3-2-4-19(25(18)28)21-8-9-23-33-22(15-36(23)35-21)26(38)31-12-11-29/h2-5,7-9,15,17,30H,6,10-14,29H2,1H3,(H,31,38)(H,32,37)/t17-/m0/s1. The van der Waals surface area contributed by atoms with Crippen molar-refractivity contribution in [2.75, 3.05) is 26.7 Å². The summed E-state index contributed by atoms with van der Waals surface area (Å²) in [5, 5.41) is 14.1. The first-order valence-corrected chi connectivity index (χ1v) is 13.0. The van der Waals surface area contributed by atoms with E-state index in [2.05, 4.69) is 26.0 Å². The number of hydrogen-bond donors (Lipinski definition) is 4. The average Bonchev–Trinajstić information content (AvgIpc) is 3.57. The maximum absolute atomic E-state index is 12.3. The fourth-order valence-electron chi connectivity index (χ4n) is 4.48. The Bertz CT molecular complexity index is 1520. The van der Waals surface area contributed by atoms with Crippen molar-refractivity contribution in [1.82, 2.24) is 35.5 Å². The summed E-state index contributed by atoms with van der Waals surface area (Å²) in [4.78, 5) is 32.7. The van der Waals surface area contributed by atoms with Crippen LogP contribution in [0.2, 0.25) is 5.02 Å². The van der Waals surface area contributed by atoms with Crippen LogP contribution in [0.15, 0.2) is 48.7 Å². The molecular formula is C27H29ClN8O3. The molecule has 1 saturated heterocycles. The van der Waals surface area contributed by atoms with Crippen LogP contribution in [-0.4, -0.2) is 64.2 Å². The molecule has 0 saturated carbocycles. The van der Waals surface area contributed by atoms with Gasteiger partial charge < -0.3 is 26.4 Å². The number of fused-ring (bicyclic) bond motifs is 1. The van der Waals surface area contributed by atoms with Gasteiger partial charge in [-0.2, -0.15) is 5.10 Å². The van der Waals surface area contributed by atoms with Crippen LogP contribution in [0.25, 0.3) is 28.2 Å². The lowest BCUT2D eigenvalue weighted by Gasteiger charge is -2.14. The van der Waals surface area contributed by atoms with Gasteiger partial charge in [-0.1, -0.05) is 35.9 Å². The number of halogens is 1. The van der Waals surface area contributed by atoms with Crippen molar-refractivity contribution in [1.29, 1.82) is 0 Å². The van der Waals surface area contributed by atoms with E-state index in [-0.39, 0.29) is 23.6 Å². The summed E-state index contributed by atoms with van der Waals surface area (Å²) in [7, 11) is 1.58. The molecule has 39 heavy (non-hydrogen) atoms. The highest BCUT2D eigenvalue weighted by Crippen LogP contribution is 2.36. The number of aromatic nitrogens is 4. The van der Waals surface area contributed by atoms with Gasteiger partial charge >= 0.3 is 0 Å². The topological polar surface area (TPSA) is 149 Å². The molecule has 0 aliphatic carbocycles. The molecule has 1 aliphatic heterocycles. The van der Waals surface area contributed by atoms with Crippen molar-refractivity contribution >= 4 is 29.1 Å². The van der Waals surface area contributed by atoms with Gasteiger partial charge in [0.2, 0.25) is 11.8 Å². The monoisotopic (exact) mass is 548 g/mol. The van der Waals surface area contributed by atoms with Gasteiger partial charge in [0.25, 0.3) is 5.91 Å². The number of amides is 2. The second kappa shape index (κ2) is 11.8. The normalized spacial score (nSPS) is 14.9. The first-order valence-electron chi connectivity index (χ1n) is 12.6. The summed E-state index contributed by atoms with van der Waals surface area (Å²) in [6.45, 7) is 1.94. The van der Waals surface area contributed by atoms with Gasteiger partial charge in [0.1, 0.15) is 5.69 Å². The third kappa shape index (κ3) is 5.85. The minimum absolute atomic E-state index is 0.0973. The molecule has 2 amide bonds. The molecule has 0 radical (unpaired) electrons. The van der Waals surface area contributed by atoms with Gasteiger partial charge in [-0.15, -0.1) is 0 Å². The zero-order valence-electron chi connectivity index (χ0n) is 21.4. The number of carbonyl (C=O) groups is 2. The van der Waals surface area contributed by atoms with Gasteiger partial charge in [-0.05, 0) is 24.6 Å². The molecule has 1 aromatic carbocycles. The Kier molecular flexibility index (Phi) is 8.01. The van der Waals surface area contributed by atoms with Crippen LogP contribution in [-0.2, 0) is 11.3 Å². The first kappa shape index (κ1) is 26.5. The summed E-state index contributed by atoms with van der Waals surface area (Å²) < 4.78 is 7.12. The van der Waals surface area contributed by atoms with Crippen LogP contribution in [0.4, 0.5) is 0 Å². The Morgan fingerprint density at radius 3 is 2.72 bits per heavy atom. The Morgan fingerprint density at radius 1 is 1.18 bits per heavy atom. The number of nitrogens with zero attached hydrogens (tertiary/aromatic N) is 4. The number of benzene rings is 1. The zero-order chi connectivity index (χ0) is 27.4. The van der Waals surface area contributed by atoms with Crippen LogP contribution < -0.4 is 26.4 Å². The number of methoxy groups -OCH3 is 1. The van der Waals surface area contributed by atoms with Crippen LogP contribution in [0, 0.1) is 0 Å². The molecule has 1 atom stereocenters. The van der Waals surface area contributed by atoms with Crippen molar-refractivity contribution in [3.05, 3.63) is 64.9 Å². The van der Waals surface area contributed by atoms with Gasteiger partial charge in [0, 0.05) is 55.3 Å². The van der Waals surface area contributed by atoms with E-state index >= 15 is 0 Å². The lowest BCUT2D eigenvalue weighted by atomic mass is 10.0. The predicted molar refractivity (Wildman–Crippen MR) is 147 cm³/mol. The van der Waals surface area contributed by atoms with Gasteiger partial charge in [0.05, 0.1) is 29.7 Å². The number of ether oxygens (including phenoxy) is 1. The zero-order valence-corrected chi connectivity index (χ0v) is 22.2. The quantitative estimate of drug-likeness (QED) is 0.236. The molecule has 1 aliphatic rings. The largest absolute Gasteiger partial charge is 0.481 e. The van der Waals surface area contributed by atoms with Crippen molar-refractivity contribution < 1.29 is 14.3 Å². The molecule has 1 fully saturated rings. The van der Waals surface area contributed by atoms with E-state index in [0.717, 1.165) is 17.5 Å². The number of nitrogens with two attached hydrogens (primary N) is 1. The Balaban J connectivity index is 1.36. The second-order valence-corrected chi connectivity index (χ2v) is 9.54. The van der Waals surface area contributed by atoms with Crippen LogP contribution in [0.5, 0.6) is 5.88 Å². The highest BCUT2D eigenvalue weighted by molar-refractivity contribution is 6.36. The number of imidazole rings is 1. The number of hydrogen-bond acceptors (Lipinski definition) is 8. The Morgan fingerprint density at radius 2 is 1.97 bits per heavy atom. The van der Waals surface area contributed by atoms with E-state index < -0.39 is 0 Å². The highest BCUT2D eigenvalue weighted by atomic mass is 35.5. The highest BCUT2D eigenvalue weighted by Gasteiger charge is 2.20. The van der Waals surface area contributed by atoms with Crippen molar-refractivity contribution in [2.24, 2.45) is 5.73 Å². The van der Waals surface area contributed by atoms with Crippen LogP contribution in [0.1, 0.15) is 28.9 Å². The molecule has 5 N–H and O–H groups in total. The third-order valence-corrected chi connectivity index (χ3v) is 6.86. The van der Waals surface area contributed by atoms with Crippen LogP contribution in [0.3, 0.4) is 0 Å². The number of nitrogens with one attached hydrogen (secondary N) is 3. The predicted octanol–water partition coefficient (Wildman–Crippen LogP) is 2.18. The van der Waals surface area contributed by atoms with Crippen molar-refractivity contribution in [2.45, 2.75) is 25.4 Å². The Labute approximate surface area is 230 Å². The minimum Gasteiger partial charge on any atom is -0.481 e. The molecule has 4 aromatic rings. The van der Waals surface area contributed by atoms with Crippen molar-refractivity contribution in [3.63, 3.8) is 0 Å². The maximum Gasteiger partial charge on any atom is 0.271 e. The summed E-state index contributed by atoms with van der Waals surface area (Å²) in [5.41, 5.74) is 9.87. The fraction of sp³-hybridized carbons (Fsp3) is 0.296. The number of rotatable bonds is 10. The van der Waals surface area contributed by atoms with Crippen molar-refractivity contribution in [3.8, 4) is 28.4 Å². The summed E-state index contributed by atoms with van der Waals surface area (Å²) in [6.07, 6.45) is 2.98. The van der Waals surface area contributed by atoms with E-state index in [9.17, 15) is 9.59 Å². The SMILES string of the molecule is COc1nc(-c2cccc(-c3ccc4nc(C(=O)NCCN)cn4n3)c2Cl)ccc1CNC[C@@H]1CCC(=O)N1. The van der Waals surface area contributed by atoms with E-state index in [4.69, 9.17) is 27.1 Å². The van der Waals surface area contributed by atoms with Gasteiger partial charge in [-0.25, -0.2) is 14.5 Å². The molecule has 202 valence electrons. The summed E-state index contributed by atoms with van der Waals surface area (Å²) >= 11 is 6.88. The molecule has 11 nitrogen and oxygen atoms in total. The summed E-state index contributed by atoms with van der Waals surface area (Å²) in [6, 6.07) is 13.3. The van der Waals surface area contributed by atoms with E-state index in [0.29, 0.717) is 66.1 Å². The number of pyridine rings is 1. The lowest BCUT2D eigenvalue weighted by molar-refractivity contribution is -0.119. The molecule has 0 unspecified atom stereocenters. The summed E-state index contributed by atoms with van der Waals surface area (Å²) in [5.74, 6) is 0.284. The number of carbonyl (C=O) groups excluding carboxylic acids is 2. The third-order valence-electron chi connectivity index (χ3n) is 6.46. The Hall–Kier alpha value is -4.06. The molecule has 5 rings (SSSR count).